The van der Waals surface area contributed by atoms with Crippen LogP contribution < -0.4 is 10.1 Å². The molecule has 1 N–H and O–H groups in total. The summed E-state index contributed by atoms with van der Waals surface area (Å²) in [6.07, 6.45) is 0.860. The van der Waals surface area contributed by atoms with Gasteiger partial charge in [0.15, 0.2) is 0 Å². The average Bonchev–Trinajstić information content (AvgIpc) is 2.81. The number of benzene rings is 1. The van der Waals surface area contributed by atoms with Gasteiger partial charge in [0, 0.05) is 11.1 Å². The molecule has 1 aromatic carbocycles. The highest BCUT2D eigenvalue weighted by atomic mass is 79.9. The first kappa shape index (κ1) is 12.4. The van der Waals surface area contributed by atoms with E-state index in [4.69, 9.17) is 9.47 Å². The molecule has 0 radical (unpaired) electrons. The van der Waals surface area contributed by atoms with Crippen molar-refractivity contribution in [3.05, 3.63) is 28.2 Å². The zero-order valence-electron chi connectivity index (χ0n) is 9.53. The molecule has 1 aliphatic heterocycles. The minimum Gasteiger partial charge on any atom is -0.496 e. The van der Waals surface area contributed by atoms with Gasteiger partial charge in [0.1, 0.15) is 5.75 Å². The third-order valence-electron chi connectivity index (χ3n) is 2.69. The fourth-order valence-electron chi connectivity index (χ4n) is 1.80. The van der Waals surface area contributed by atoms with Crippen molar-refractivity contribution in [2.75, 3.05) is 20.3 Å². The van der Waals surface area contributed by atoms with Gasteiger partial charge in [-0.25, -0.2) is 0 Å². The molecule has 0 aliphatic carbocycles. The highest BCUT2D eigenvalue weighted by Gasteiger charge is 2.22. The van der Waals surface area contributed by atoms with Crippen molar-refractivity contribution in [2.24, 2.45) is 0 Å². The summed E-state index contributed by atoms with van der Waals surface area (Å²) >= 11 is 3.37. The lowest BCUT2D eigenvalue weighted by Gasteiger charge is -2.14. The van der Waals surface area contributed by atoms with Crippen LogP contribution >= 0.6 is 15.9 Å². The summed E-state index contributed by atoms with van der Waals surface area (Å²) in [6, 6.07) is 5.52. The second-order valence-electron chi connectivity index (χ2n) is 3.85. The summed E-state index contributed by atoms with van der Waals surface area (Å²) in [7, 11) is 1.55. The molecular formula is C12H14BrNO3. The molecule has 0 aromatic heterocycles. The molecule has 2 rings (SSSR count). The molecule has 1 unspecified atom stereocenters. The van der Waals surface area contributed by atoms with Crippen molar-refractivity contribution < 1.29 is 14.3 Å². The number of methoxy groups -OCH3 is 1. The first-order valence-electron chi connectivity index (χ1n) is 5.43. The van der Waals surface area contributed by atoms with Gasteiger partial charge in [-0.3, -0.25) is 4.79 Å². The molecule has 4 nitrogen and oxygen atoms in total. The van der Waals surface area contributed by atoms with Crippen molar-refractivity contribution >= 4 is 21.8 Å². The Hall–Kier alpha value is -1.07. The molecule has 1 aromatic rings. The summed E-state index contributed by atoms with van der Waals surface area (Å²) in [5, 5.41) is 2.94. The second kappa shape index (κ2) is 5.51. The first-order valence-corrected chi connectivity index (χ1v) is 6.23. The van der Waals surface area contributed by atoms with E-state index in [1.807, 2.05) is 12.1 Å². The SMILES string of the molecule is COc1cccc(Br)c1C(=O)NC1CCOC1. The van der Waals surface area contributed by atoms with Crippen LogP contribution in [0.15, 0.2) is 22.7 Å². The Morgan fingerprint density at radius 2 is 2.41 bits per heavy atom. The van der Waals surface area contributed by atoms with Crippen LogP contribution in [0.4, 0.5) is 0 Å². The zero-order valence-corrected chi connectivity index (χ0v) is 11.1. The number of rotatable bonds is 3. The largest absolute Gasteiger partial charge is 0.496 e. The molecule has 92 valence electrons. The minimum atomic E-state index is -0.134. The van der Waals surface area contributed by atoms with Crippen LogP contribution in [0, 0.1) is 0 Å². The number of carbonyl (C=O) groups excluding carboxylic acids is 1. The molecule has 17 heavy (non-hydrogen) atoms. The molecule has 0 bridgehead atoms. The average molecular weight is 300 g/mol. The number of hydrogen-bond acceptors (Lipinski definition) is 3. The molecular weight excluding hydrogens is 286 g/mol. The van der Waals surface area contributed by atoms with Crippen LogP contribution in [0.25, 0.3) is 0 Å². The van der Waals surface area contributed by atoms with Crippen molar-refractivity contribution in [1.29, 1.82) is 0 Å². The quantitative estimate of drug-likeness (QED) is 0.928. The normalized spacial score (nSPS) is 19.1. The molecule has 1 fully saturated rings. The topological polar surface area (TPSA) is 47.6 Å². The minimum absolute atomic E-state index is 0.0966. The lowest BCUT2D eigenvalue weighted by molar-refractivity contribution is 0.0926. The van der Waals surface area contributed by atoms with Crippen molar-refractivity contribution in [3.63, 3.8) is 0 Å². The number of hydrogen-bond donors (Lipinski definition) is 1. The Labute approximate surface area is 108 Å². The molecule has 1 saturated heterocycles. The smallest absolute Gasteiger partial charge is 0.256 e. The van der Waals surface area contributed by atoms with Crippen LogP contribution in [-0.4, -0.2) is 32.3 Å². The number of amides is 1. The zero-order chi connectivity index (χ0) is 12.3. The maximum Gasteiger partial charge on any atom is 0.256 e. The fourth-order valence-corrected chi connectivity index (χ4v) is 2.33. The molecule has 0 spiro atoms. The van der Waals surface area contributed by atoms with Crippen LogP contribution in [0.3, 0.4) is 0 Å². The maximum atomic E-state index is 12.1. The molecule has 1 atom stereocenters. The third-order valence-corrected chi connectivity index (χ3v) is 3.35. The predicted molar refractivity (Wildman–Crippen MR) is 67.4 cm³/mol. The Morgan fingerprint density at radius 1 is 1.59 bits per heavy atom. The van der Waals surface area contributed by atoms with E-state index in [0.717, 1.165) is 10.9 Å². The Balaban J connectivity index is 2.17. The Kier molecular flexibility index (Phi) is 4.02. The van der Waals surface area contributed by atoms with Crippen molar-refractivity contribution in [3.8, 4) is 5.75 Å². The number of halogens is 1. The van der Waals surface area contributed by atoms with Crippen LogP contribution in [0.1, 0.15) is 16.8 Å². The number of ether oxygens (including phenoxy) is 2. The summed E-state index contributed by atoms with van der Waals surface area (Å²) in [5.41, 5.74) is 0.530. The monoisotopic (exact) mass is 299 g/mol. The van der Waals surface area contributed by atoms with Gasteiger partial charge < -0.3 is 14.8 Å². The van der Waals surface area contributed by atoms with E-state index in [9.17, 15) is 4.79 Å². The molecule has 1 amide bonds. The van der Waals surface area contributed by atoms with Gasteiger partial charge >= 0.3 is 0 Å². The van der Waals surface area contributed by atoms with E-state index in [1.165, 1.54) is 0 Å². The van der Waals surface area contributed by atoms with Gasteiger partial charge in [0.25, 0.3) is 5.91 Å². The Morgan fingerprint density at radius 3 is 3.06 bits per heavy atom. The van der Waals surface area contributed by atoms with Crippen molar-refractivity contribution in [2.45, 2.75) is 12.5 Å². The van der Waals surface area contributed by atoms with Gasteiger partial charge in [-0.1, -0.05) is 6.07 Å². The van der Waals surface area contributed by atoms with Crippen LogP contribution in [0.5, 0.6) is 5.75 Å². The fraction of sp³-hybridized carbons (Fsp3) is 0.417. The van der Waals surface area contributed by atoms with Gasteiger partial charge in [-0.05, 0) is 34.5 Å². The molecule has 1 heterocycles. The predicted octanol–water partition coefficient (Wildman–Crippen LogP) is 1.98. The summed E-state index contributed by atoms with van der Waals surface area (Å²) in [6.45, 7) is 1.29. The van der Waals surface area contributed by atoms with E-state index in [0.29, 0.717) is 24.5 Å². The standard InChI is InChI=1S/C12H14BrNO3/c1-16-10-4-2-3-9(13)11(10)12(15)14-8-5-6-17-7-8/h2-4,8H,5-7H2,1H3,(H,14,15). The van der Waals surface area contributed by atoms with E-state index >= 15 is 0 Å². The lowest BCUT2D eigenvalue weighted by atomic mass is 10.1. The lowest BCUT2D eigenvalue weighted by Crippen LogP contribution is -2.35. The van der Waals surface area contributed by atoms with Crippen LogP contribution in [-0.2, 0) is 4.74 Å². The summed E-state index contributed by atoms with van der Waals surface area (Å²) in [4.78, 5) is 12.1. The van der Waals surface area contributed by atoms with Crippen LogP contribution in [0.2, 0.25) is 0 Å². The highest BCUT2D eigenvalue weighted by molar-refractivity contribution is 9.10. The van der Waals surface area contributed by atoms with Gasteiger partial charge in [0.2, 0.25) is 0 Å². The van der Waals surface area contributed by atoms with Gasteiger partial charge in [-0.15, -0.1) is 0 Å². The molecule has 0 saturated carbocycles. The maximum absolute atomic E-state index is 12.1. The van der Waals surface area contributed by atoms with E-state index < -0.39 is 0 Å². The first-order chi connectivity index (χ1) is 8.22. The Bertz CT molecular complexity index is 416. The van der Waals surface area contributed by atoms with E-state index in [-0.39, 0.29) is 11.9 Å². The molecule has 5 heteroatoms. The van der Waals surface area contributed by atoms with E-state index in [2.05, 4.69) is 21.2 Å². The third kappa shape index (κ3) is 2.79. The summed E-state index contributed by atoms with van der Waals surface area (Å²) < 4.78 is 11.1. The number of nitrogens with one attached hydrogen (secondary N) is 1. The summed E-state index contributed by atoms with van der Waals surface area (Å²) in [5.74, 6) is 0.431. The van der Waals surface area contributed by atoms with E-state index in [1.54, 1.807) is 13.2 Å². The second-order valence-corrected chi connectivity index (χ2v) is 4.71. The number of carbonyl (C=O) groups is 1. The molecule has 1 aliphatic rings. The van der Waals surface area contributed by atoms with Gasteiger partial charge in [-0.2, -0.15) is 0 Å². The highest BCUT2D eigenvalue weighted by Crippen LogP contribution is 2.26. The van der Waals surface area contributed by atoms with Gasteiger partial charge in [0.05, 0.1) is 25.3 Å². The van der Waals surface area contributed by atoms with Crippen molar-refractivity contribution in [1.82, 2.24) is 5.32 Å².